The van der Waals surface area contributed by atoms with E-state index in [1.165, 1.54) is 0 Å². The molecule has 28 heavy (non-hydrogen) atoms. The Hall–Kier alpha value is -1.74. The number of carbonyl (C=O) groups is 1. The lowest BCUT2D eigenvalue weighted by atomic mass is 10.1. The number of hydrogen-bond acceptors (Lipinski definition) is 7. The molecule has 154 valence electrons. The number of carbonyl (C=O) groups excluding carboxylic acids is 1. The number of aliphatic hydroxyl groups excluding tert-OH is 1. The number of thiol groups is 1. The summed E-state index contributed by atoms with van der Waals surface area (Å²) in [6.45, 7) is 4.64. The van der Waals surface area contributed by atoms with Crippen molar-refractivity contribution in [3.05, 3.63) is 30.0 Å². The molecule has 0 fully saturated rings. The second-order valence-electron chi connectivity index (χ2n) is 6.68. The SMILES string of the molecule is CCCCCOCC(O)CNCCNC(=O)Cc1nnc(S)c2ccccc12. The van der Waals surface area contributed by atoms with Crippen LogP contribution in [-0.2, 0) is 16.0 Å². The first-order valence-corrected chi connectivity index (χ1v) is 10.2. The summed E-state index contributed by atoms with van der Waals surface area (Å²) in [6.07, 6.45) is 2.95. The van der Waals surface area contributed by atoms with Gasteiger partial charge in [0.25, 0.3) is 0 Å². The van der Waals surface area contributed by atoms with Crippen LogP contribution in [0.15, 0.2) is 29.3 Å². The number of aliphatic hydroxyl groups is 1. The molecule has 0 aliphatic carbocycles. The van der Waals surface area contributed by atoms with E-state index in [0.29, 0.717) is 43.6 Å². The van der Waals surface area contributed by atoms with Gasteiger partial charge in [-0.1, -0.05) is 44.0 Å². The zero-order valence-corrected chi connectivity index (χ0v) is 17.3. The fourth-order valence-electron chi connectivity index (χ4n) is 2.78. The maximum absolute atomic E-state index is 12.2. The quantitative estimate of drug-likeness (QED) is 0.299. The van der Waals surface area contributed by atoms with Crippen LogP contribution in [0.25, 0.3) is 10.8 Å². The molecule has 1 heterocycles. The fraction of sp³-hybridized carbons (Fsp3) is 0.550. The number of unbranched alkanes of at least 4 members (excludes halogenated alkanes) is 2. The summed E-state index contributed by atoms with van der Waals surface area (Å²) in [6, 6.07) is 7.64. The standard InChI is InChI=1S/C20H30N4O3S/c1-2-3-6-11-27-14-15(25)13-21-9-10-22-19(26)12-18-16-7-4-5-8-17(16)20(28)24-23-18/h4-5,7-8,15,21,25H,2-3,6,9-14H2,1H3,(H,22,26)(H,24,28). The number of amides is 1. The van der Waals surface area contributed by atoms with Gasteiger partial charge in [0, 0.05) is 37.0 Å². The van der Waals surface area contributed by atoms with Gasteiger partial charge in [-0.3, -0.25) is 4.79 Å². The highest BCUT2D eigenvalue weighted by molar-refractivity contribution is 7.80. The molecule has 0 saturated heterocycles. The lowest BCUT2D eigenvalue weighted by Gasteiger charge is -2.13. The van der Waals surface area contributed by atoms with Crippen LogP contribution in [0.5, 0.6) is 0 Å². The highest BCUT2D eigenvalue weighted by Gasteiger charge is 2.11. The topological polar surface area (TPSA) is 96.4 Å². The number of hydrogen-bond donors (Lipinski definition) is 4. The summed E-state index contributed by atoms with van der Waals surface area (Å²) in [5.41, 5.74) is 0.634. The minimum atomic E-state index is -0.543. The molecule has 2 rings (SSSR count). The Morgan fingerprint density at radius 1 is 1.21 bits per heavy atom. The van der Waals surface area contributed by atoms with Gasteiger partial charge in [0.05, 0.1) is 24.8 Å². The van der Waals surface area contributed by atoms with Gasteiger partial charge in [-0.15, -0.1) is 17.7 Å². The molecular formula is C20H30N4O3S. The number of rotatable bonds is 13. The minimum Gasteiger partial charge on any atom is -0.389 e. The van der Waals surface area contributed by atoms with Gasteiger partial charge in [0.2, 0.25) is 5.91 Å². The Labute approximate surface area is 171 Å². The third-order valence-corrected chi connectivity index (χ3v) is 4.61. The summed E-state index contributed by atoms with van der Waals surface area (Å²) in [4.78, 5) is 12.2. The molecule has 3 N–H and O–H groups in total. The average Bonchev–Trinajstić information content (AvgIpc) is 2.70. The van der Waals surface area contributed by atoms with E-state index in [1.807, 2.05) is 24.3 Å². The molecule has 0 spiro atoms. The van der Waals surface area contributed by atoms with Crippen molar-refractivity contribution in [1.29, 1.82) is 0 Å². The fourth-order valence-corrected chi connectivity index (χ4v) is 3.02. The van der Waals surface area contributed by atoms with Crippen molar-refractivity contribution in [3.63, 3.8) is 0 Å². The van der Waals surface area contributed by atoms with Crippen LogP contribution in [0, 0.1) is 0 Å². The van der Waals surface area contributed by atoms with Crippen LogP contribution >= 0.6 is 12.6 Å². The van der Waals surface area contributed by atoms with Crippen molar-refractivity contribution >= 4 is 29.3 Å². The Morgan fingerprint density at radius 2 is 2.00 bits per heavy atom. The number of nitrogens with zero attached hydrogens (tertiary/aromatic N) is 2. The Balaban J connectivity index is 1.63. The van der Waals surface area contributed by atoms with E-state index >= 15 is 0 Å². The second kappa shape index (κ2) is 12.7. The maximum atomic E-state index is 12.2. The molecule has 0 aliphatic heterocycles. The molecule has 0 bridgehead atoms. The summed E-state index contributed by atoms with van der Waals surface area (Å²) in [7, 11) is 0. The third-order valence-electron chi connectivity index (χ3n) is 4.28. The van der Waals surface area contributed by atoms with Crippen molar-refractivity contribution in [3.8, 4) is 0 Å². The Kier molecular flexibility index (Phi) is 10.2. The molecule has 1 aromatic heterocycles. The van der Waals surface area contributed by atoms with E-state index in [-0.39, 0.29) is 12.3 Å². The molecule has 1 amide bonds. The van der Waals surface area contributed by atoms with E-state index in [9.17, 15) is 9.90 Å². The van der Waals surface area contributed by atoms with Crippen LogP contribution in [0.3, 0.4) is 0 Å². The molecular weight excluding hydrogens is 376 g/mol. The number of nitrogens with one attached hydrogen (secondary N) is 2. The molecule has 1 unspecified atom stereocenters. The smallest absolute Gasteiger partial charge is 0.226 e. The molecule has 0 radical (unpaired) electrons. The van der Waals surface area contributed by atoms with Gasteiger partial charge in [0.1, 0.15) is 5.03 Å². The second-order valence-corrected chi connectivity index (χ2v) is 7.11. The Morgan fingerprint density at radius 3 is 2.79 bits per heavy atom. The van der Waals surface area contributed by atoms with Crippen molar-refractivity contribution in [2.45, 2.75) is 43.7 Å². The summed E-state index contributed by atoms with van der Waals surface area (Å²) < 4.78 is 5.42. The highest BCUT2D eigenvalue weighted by Crippen LogP contribution is 2.21. The predicted octanol–water partition coefficient (Wildman–Crippen LogP) is 1.73. The summed E-state index contributed by atoms with van der Waals surface area (Å²) in [5, 5.41) is 26.2. The number of benzene rings is 1. The first-order valence-electron chi connectivity index (χ1n) is 9.78. The van der Waals surface area contributed by atoms with Crippen molar-refractivity contribution < 1.29 is 14.6 Å². The van der Waals surface area contributed by atoms with Gasteiger partial charge in [-0.25, -0.2) is 0 Å². The third kappa shape index (κ3) is 7.71. The summed E-state index contributed by atoms with van der Waals surface area (Å²) >= 11 is 4.31. The van der Waals surface area contributed by atoms with E-state index in [4.69, 9.17) is 4.74 Å². The number of aromatic nitrogens is 2. The minimum absolute atomic E-state index is 0.118. The van der Waals surface area contributed by atoms with Crippen LogP contribution in [0.1, 0.15) is 31.9 Å². The van der Waals surface area contributed by atoms with Gasteiger partial charge in [-0.2, -0.15) is 5.10 Å². The van der Waals surface area contributed by atoms with Gasteiger partial charge < -0.3 is 20.5 Å². The lowest BCUT2D eigenvalue weighted by molar-refractivity contribution is -0.120. The molecule has 0 saturated carbocycles. The molecule has 7 nitrogen and oxygen atoms in total. The molecule has 1 aromatic carbocycles. The first-order chi connectivity index (χ1) is 13.6. The van der Waals surface area contributed by atoms with Crippen molar-refractivity contribution in [1.82, 2.24) is 20.8 Å². The van der Waals surface area contributed by atoms with Crippen LogP contribution in [0.2, 0.25) is 0 Å². The number of fused-ring (bicyclic) bond motifs is 1. The van der Waals surface area contributed by atoms with Crippen LogP contribution in [-0.4, -0.2) is 60.2 Å². The maximum Gasteiger partial charge on any atom is 0.226 e. The zero-order chi connectivity index (χ0) is 20.2. The molecule has 2 aromatic rings. The average molecular weight is 407 g/mol. The predicted molar refractivity (Wildman–Crippen MR) is 113 cm³/mol. The zero-order valence-electron chi connectivity index (χ0n) is 16.4. The van der Waals surface area contributed by atoms with Crippen LogP contribution in [0.4, 0.5) is 0 Å². The lowest BCUT2D eigenvalue weighted by Crippen LogP contribution is -2.37. The van der Waals surface area contributed by atoms with E-state index in [0.717, 1.165) is 30.0 Å². The highest BCUT2D eigenvalue weighted by atomic mass is 32.1. The van der Waals surface area contributed by atoms with Gasteiger partial charge in [-0.05, 0) is 6.42 Å². The molecule has 0 aliphatic rings. The van der Waals surface area contributed by atoms with Crippen molar-refractivity contribution in [2.75, 3.05) is 32.8 Å². The van der Waals surface area contributed by atoms with Gasteiger partial charge in [0.15, 0.2) is 0 Å². The van der Waals surface area contributed by atoms with Gasteiger partial charge >= 0.3 is 0 Å². The monoisotopic (exact) mass is 406 g/mol. The number of ether oxygens (including phenoxy) is 1. The Bertz CT molecular complexity index is 744. The van der Waals surface area contributed by atoms with Crippen molar-refractivity contribution in [2.24, 2.45) is 0 Å². The van der Waals surface area contributed by atoms with E-state index in [2.05, 4.69) is 40.4 Å². The summed E-state index contributed by atoms with van der Waals surface area (Å²) in [5.74, 6) is -0.118. The largest absolute Gasteiger partial charge is 0.389 e. The molecule has 1 atom stereocenters. The normalized spacial score (nSPS) is 12.2. The molecule has 8 heteroatoms. The van der Waals surface area contributed by atoms with E-state index in [1.54, 1.807) is 0 Å². The first kappa shape index (κ1) is 22.5. The van der Waals surface area contributed by atoms with Crippen LogP contribution < -0.4 is 10.6 Å². The van der Waals surface area contributed by atoms with E-state index < -0.39 is 6.10 Å².